The number of nitrogens with zero attached hydrogens (tertiary/aromatic N) is 2. The highest BCUT2D eigenvalue weighted by Gasteiger charge is 2.39. The summed E-state index contributed by atoms with van der Waals surface area (Å²) in [6.07, 6.45) is 1.68. The molecule has 0 bridgehead atoms. The van der Waals surface area contributed by atoms with Crippen LogP contribution in [0.15, 0.2) is 24.3 Å². The zero-order chi connectivity index (χ0) is 21.7. The normalized spacial score (nSPS) is 18.9. The Balaban J connectivity index is 1.51. The monoisotopic (exact) mass is 416 g/mol. The van der Waals surface area contributed by atoms with Crippen molar-refractivity contribution in [3.8, 4) is 5.75 Å². The van der Waals surface area contributed by atoms with Crippen molar-refractivity contribution in [3.05, 3.63) is 47.0 Å². The van der Waals surface area contributed by atoms with E-state index in [-0.39, 0.29) is 30.7 Å². The van der Waals surface area contributed by atoms with E-state index in [1.54, 1.807) is 17.0 Å². The molecule has 1 fully saturated rings. The largest absolute Gasteiger partial charge is 0.493 e. The van der Waals surface area contributed by atoms with E-state index < -0.39 is 5.41 Å². The maximum absolute atomic E-state index is 13.2. The first-order valence-corrected chi connectivity index (χ1v) is 10.2. The van der Waals surface area contributed by atoms with Crippen LogP contribution in [0, 0.1) is 25.1 Å². The van der Waals surface area contributed by atoms with Crippen LogP contribution in [0.25, 0.3) is 0 Å². The van der Waals surface area contributed by atoms with Gasteiger partial charge in [-0.3, -0.25) is 14.7 Å². The van der Waals surface area contributed by atoms with Gasteiger partial charge in [0.1, 0.15) is 11.6 Å². The van der Waals surface area contributed by atoms with Crippen molar-refractivity contribution < 1.29 is 18.7 Å². The lowest BCUT2D eigenvalue weighted by Gasteiger charge is -2.39. The number of hydrogen-bond acceptors (Lipinski definition) is 4. The van der Waals surface area contributed by atoms with Gasteiger partial charge >= 0.3 is 0 Å². The number of aromatic amines is 1. The number of ether oxygens (including phenoxy) is 1. The van der Waals surface area contributed by atoms with Gasteiger partial charge in [-0.05, 0) is 45.7 Å². The molecule has 30 heavy (non-hydrogen) atoms. The van der Waals surface area contributed by atoms with Gasteiger partial charge in [0.15, 0.2) is 0 Å². The number of benzene rings is 1. The van der Waals surface area contributed by atoms with Crippen molar-refractivity contribution in [1.82, 2.24) is 20.4 Å². The predicted molar refractivity (Wildman–Crippen MR) is 110 cm³/mol. The van der Waals surface area contributed by atoms with E-state index in [1.165, 1.54) is 12.1 Å². The molecule has 2 heterocycles. The summed E-state index contributed by atoms with van der Waals surface area (Å²) < 4.78 is 18.7. The number of rotatable bonds is 7. The molecular formula is C22H29FN4O3. The van der Waals surface area contributed by atoms with E-state index in [2.05, 4.69) is 15.5 Å². The van der Waals surface area contributed by atoms with Crippen molar-refractivity contribution >= 4 is 11.8 Å². The number of H-pyrrole nitrogens is 1. The molecule has 162 valence electrons. The zero-order valence-electron chi connectivity index (χ0n) is 17.8. The number of likely N-dealkylation sites (tertiary alicyclic amines) is 1. The van der Waals surface area contributed by atoms with Crippen LogP contribution in [0.1, 0.15) is 43.1 Å². The second-order valence-electron chi connectivity index (χ2n) is 8.13. The van der Waals surface area contributed by atoms with Crippen LogP contribution in [-0.4, -0.2) is 46.6 Å². The van der Waals surface area contributed by atoms with Crippen LogP contribution >= 0.6 is 0 Å². The number of aromatic nitrogens is 2. The molecule has 1 aromatic carbocycles. The topological polar surface area (TPSA) is 87.3 Å². The fraction of sp³-hybridized carbons (Fsp3) is 0.500. The number of amides is 2. The molecule has 1 aliphatic heterocycles. The average Bonchev–Trinajstić information content (AvgIpc) is 3.03. The molecule has 0 saturated carbocycles. The highest BCUT2D eigenvalue weighted by Crippen LogP contribution is 2.30. The Bertz CT molecular complexity index is 894. The number of carbonyl (C=O) groups excluding carboxylic acids is 2. The summed E-state index contributed by atoms with van der Waals surface area (Å²) in [5, 5.41) is 10.1. The SMILES string of the molecule is Cc1n[nH]c(C)c1CNC(=O)C1(C)CCCN(C(=O)CCOc2cccc(F)c2)C1. The zero-order valence-corrected chi connectivity index (χ0v) is 17.8. The van der Waals surface area contributed by atoms with E-state index in [1.807, 2.05) is 20.8 Å². The minimum Gasteiger partial charge on any atom is -0.493 e. The van der Waals surface area contributed by atoms with Gasteiger partial charge in [0.05, 0.1) is 24.1 Å². The van der Waals surface area contributed by atoms with Crippen molar-refractivity contribution in [2.45, 2.75) is 46.6 Å². The number of nitrogens with one attached hydrogen (secondary N) is 2. The predicted octanol–water partition coefficient (Wildman–Crippen LogP) is 2.88. The first-order chi connectivity index (χ1) is 14.3. The van der Waals surface area contributed by atoms with Crippen molar-refractivity contribution in [1.29, 1.82) is 0 Å². The third-order valence-corrected chi connectivity index (χ3v) is 5.68. The van der Waals surface area contributed by atoms with Gasteiger partial charge in [-0.15, -0.1) is 0 Å². The molecule has 3 rings (SSSR count). The first-order valence-electron chi connectivity index (χ1n) is 10.2. The van der Waals surface area contributed by atoms with E-state index in [0.717, 1.165) is 29.8 Å². The summed E-state index contributed by atoms with van der Waals surface area (Å²) >= 11 is 0. The lowest BCUT2D eigenvalue weighted by atomic mass is 9.80. The third kappa shape index (κ3) is 5.17. The Hall–Kier alpha value is -2.90. The lowest BCUT2D eigenvalue weighted by molar-refractivity contribution is -0.141. The van der Waals surface area contributed by atoms with E-state index in [4.69, 9.17) is 4.74 Å². The summed E-state index contributed by atoms with van der Waals surface area (Å²) in [6, 6.07) is 5.84. The van der Waals surface area contributed by atoms with Gasteiger partial charge in [0.25, 0.3) is 0 Å². The smallest absolute Gasteiger partial charge is 0.227 e. The molecule has 1 saturated heterocycles. The van der Waals surface area contributed by atoms with E-state index in [0.29, 0.717) is 25.4 Å². The second-order valence-corrected chi connectivity index (χ2v) is 8.13. The van der Waals surface area contributed by atoms with Crippen LogP contribution < -0.4 is 10.1 Å². The maximum Gasteiger partial charge on any atom is 0.227 e. The molecule has 0 radical (unpaired) electrons. The molecule has 0 aliphatic carbocycles. The van der Waals surface area contributed by atoms with Crippen LogP contribution in [0.5, 0.6) is 5.75 Å². The lowest BCUT2D eigenvalue weighted by Crippen LogP contribution is -2.52. The number of hydrogen-bond donors (Lipinski definition) is 2. The van der Waals surface area contributed by atoms with E-state index >= 15 is 0 Å². The fourth-order valence-electron chi connectivity index (χ4n) is 3.83. The highest BCUT2D eigenvalue weighted by molar-refractivity contribution is 5.84. The van der Waals surface area contributed by atoms with Crippen molar-refractivity contribution in [3.63, 3.8) is 0 Å². The van der Waals surface area contributed by atoms with Crippen molar-refractivity contribution in [2.24, 2.45) is 5.41 Å². The van der Waals surface area contributed by atoms with Crippen LogP contribution in [-0.2, 0) is 16.1 Å². The number of halogens is 1. The highest BCUT2D eigenvalue weighted by atomic mass is 19.1. The number of aryl methyl sites for hydroxylation is 2. The molecule has 2 aromatic rings. The van der Waals surface area contributed by atoms with Crippen LogP contribution in [0.2, 0.25) is 0 Å². The average molecular weight is 416 g/mol. The minimum absolute atomic E-state index is 0.0592. The molecule has 1 aliphatic rings. The Morgan fingerprint density at radius 1 is 1.37 bits per heavy atom. The summed E-state index contributed by atoms with van der Waals surface area (Å²) in [4.78, 5) is 27.3. The summed E-state index contributed by atoms with van der Waals surface area (Å²) in [6.45, 7) is 7.32. The molecular weight excluding hydrogens is 387 g/mol. The Labute approximate surface area is 176 Å². The maximum atomic E-state index is 13.2. The molecule has 1 unspecified atom stereocenters. The van der Waals surface area contributed by atoms with Crippen LogP contribution in [0.4, 0.5) is 4.39 Å². The van der Waals surface area contributed by atoms with Crippen molar-refractivity contribution in [2.75, 3.05) is 19.7 Å². The van der Waals surface area contributed by atoms with E-state index in [9.17, 15) is 14.0 Å². The summed E-state index contributed by atoms with van der Waals surface area (Å²) in [7, 11) is 0. The molecule has 7 nitrogen and oxygen atoms in total. The fourth-order valence-corrected chi connectivity index (χ4v) is 3.83. The molecule has 0 spiro atoms. The summed E-state index contributed by atoms with van der Waals surface area (Å²) in [5.74, 6) is -0.101. The van der Waals surface area contributed by atoms with Gasteiger partial charge in [-0.25, -0.2) is 4.39 Å². The molecule has 1 aromatic heterocycles. The Morgan fingerprint density at radius 2 is 2.17 bits per heavy atom. The second kappa shape index (κ2) is 9.28. The first kappa shape index (κ1) is 21.8. The third-order valence-electron chi connectivity index (χ3n) is 5.68. The van der Waals surface area contributed by atoms with Gasteiger partial charge < -0.3 is 15.0 Å². The Morgan fingerprint density at radius 3 is 2.87 bits per heavy atom. The molecule has 2 N–H and O–H groups in total. The van der Waals surface area contributed by atoms with Crippen LogP contribution in [0.3, 0.4) is 0 Å². The number of piperidine rings is 1. The van der Waals surface area contributed by atoms with Gasteiger partial charge in [-0.2, -0.15) is 5.10 Å². The van der Waals surface area contributed by atoms with Gasteiger partial charge in [0.2, 0.25) is 11.8 Å². The van der Waals surface area contributed by atoms with Gasteiger partial charge in [0, 0.05) is 37.0 Å². The Kier molecular flexibility index (Phi) is 6.74. The van der Waals surface area contributed by atoms with Gasteiger partial charge in [-0.1, -0.05) is 6.07 Å². The molecule has 1 atom stereocenters. The number of carbonyl (C=O) groups is 2. The standard InChI is InChI=1S/C22H29FN4O3/c1-15-19(16(2)26-25-15)13-24-21(29)22(3)9-5-10-27(14-22)20(28)8-11-30-18-7-4-6-17(23)12-18/h4,6-7,12H,5,8-11,13-14H2,1-3H3,(H,24,29)(H,25,26). The molecule has 8 heteroatoms. The minimum atomic E-state index is -0.636. The summed E-state index contributed by atoms with van der Waals surface area (Å²) in [5.41, 5.74) is 2.17. The molecule has 2 amide bonds. The quantitative estimate of drug-likeness (QED) is 0.727.